The molecule has 0 aromatic rings. The third-order valence-corrected chi connectivity index (χ3v) is 0. The Kier molecular flexibility index (Phi) is 36.0. The van der Waals surface area contributed by atoms with Crippen LogP contribution in [0.3, 0.4) is 0 Å². The van der Waals surface area contributed by atoms with Crippen LogP contribution in [-0.2, 0) is 0 Å². The van der Waals surface area contributed by atoms with Gasteiger partial charge in [-0.05, 0) is 0 Å². The van der Waals surface area contributed by atoms with Crippen molar-refractivity contribution in [3.05, 3.63) is 20.2 Å². The zero-order valence-electron chi connectivity index (χ0n) is 6.84. The van der Waals surface area contributed by atoms with Crippen LogP contribution in [0.5, 0.6) is 0 Å². The van der Waals surface area contributed by atoms with Crippen molar-refractivity contribution in [1.29, 1.82) is 0 Å². The molecule has 0 aliphatic carbocycles. The molecule has 0 aliphatic rings. The molecule has 0 aliphatic heterocycles. The number of hydrogen-bond donors (Lipinski definition) is 3. The van der Waals surface area contributed by atoms with Gasteiger partial charge in [-0.2, -0.15) is 0 Å². The van der Waals surface area contributed by atoms with E-state index >= 15 is 0 Å². The summed E-state index contributed by atoms with van der Waals surface area (Å²) in [5, 5.41) is 27.3. The van der Waals surface area contributed by atoms with Gasteiger partial charge in [-0.3, -0.25) is 0 Å². The fourth-order valence-corrected chi connectivity index (χ4v) is 0. The minimum atomic E-state index is -1.50. The minimum absolute atomic E-state index is 0. The van der Waals surface area contributed by atoms with Crippen LogP contribution in [0.4, 0.5) is 0 Å². The molecule has 0 bridgehead atoms. The summed E-state index contributed by atoms with van der Waals surface area (Å²) in [6, 6.07) is 0. The van der Waals surface area contributed by atoms with E-state index in [1.807, 2.05) is 0 Å². The molecule has 0 aromatic carbocycles. The molecule has 5 N–H and O–H groups in total. The van der Waals surface area contributed by atoms with E-state index in [0.717, 1.165) is 0 Å². The standard InChI is InChI=1S/Mg.2HNO3.H3N.2H/c;2*2-1(3)4;;;/h;2*(H,2,3,4);1H3;;/q+2;;;;2*-1. The predicted molar refractivity (Wildman–Crippen MR) is 30.6 cm³/mol. The summed E-state index contributed by atoms with van der Waals surface area (Å²) < 4.78 is 0. The van der Waals surface area contributed by atoms with E-state index in [2.05, 4.69) is 0 Å². The van der Waals surface area contributed by atoms with E-state index in [1.165, 1.54) is 0 Å². The normalized spacial score (nSPS) is 4.80. The van der Waals surface area contributed by atoms with Crippen molar-refractivity contribution in [2.24, 2.45) is 0 Å². The minimum Gasteiger partial charge on any atom is -1.00 e. The molecule has 0 spiro atoms. The second-order valence-electron chi connectivity index (χ2n) is 0.476. The molecule has 10 heteroatoms. The van der Waals surface area contributed by atoms with Gasteiger partial charge in [-0.1, -0.05) is 0 Å². The molecule has 0 unspecified atom stereocenters. The maximum absolute atomic E-state index is 8.36. The van der Waals surface area contributed by atoms with Gasteiger partial charge in [0, 0.05) is 0 Å². The second kappa shape index (κ2) is 15.7. The van der Waals surface area contributed by atoms with Crippen molar-refractivity contribution in [2.75, 3.05) is 0 Å². The van der Waals surface area contributed by atoms with Crippen molar-refractivity contribution in [2.45, 2.75) is 0 Å². The van der Waals surface area contributed by atoms with E-state index in [-0.39, 0.29) is 32.1 Å². The van der Waals surface area contributed by atoms with E-state index < -0.39 is 10.2 Å². The van der Waals surface area contributed by atoms with Crippen LogP contribution in [0.25, 0.3) is 0 Å². The summed E-state index contributed by atoms with van der Waals surface area (Å²) in [4.78, 5) is 16.7. The quantitative estimate of drug-likeness (QED) is 0.245. The molecule has 0 saturated heterocycles. The fraction of sp³-hybridized carbons (Fsp3) is 0. The molecule has 10 heavy (non-hydrogen) atoms. The van der Waals surface area contributed by atoms with Gasteiger partial charge in [0.15, 0.2) is 0 Å². The Balaban J connectivity index is -0.0000000112. The zero-order valence-corrected chi connectivity index (χ0v) is 6.25. The van der Waals surface area contributed by atoms with Gasteiger partial charge in [-0.25, -0.2) is 0 Å². The average Bonchev–Trinajstić information content (AvgIpc) is 1.25. The molecule has 0 amide bonds. The third kappa shape index (κ3) is 350. The Morgan fingerprint density at radius 1 is 1.10 bits per heavy atom. The van der Waals surface area contributed by atoms with E-state index in [4.69, 9.17) is 30.6 Å². The SMILES string of the molecule is N.O=[N+]([O-])O.O=[N+]([O-])O.[H-].[H-].[Mg+2]. The first-order chi connectivity index (χ1) is 3.46. The monoisotopic (exact) mass is 169 g/mol. The van der Waals surface area contributed by atoms with E-state index in [9.17, 15) is 0 Å². The van der Waals surface area contributed by atoms with Crippen LogP contribution < -0.4 is 6.15 Å². The van der Waals surface area contributed by atoms with Crippen LogP contribution in [0.1, 0.15) is 2.85 Å². The molecular formula is H7MgN3O6. The van der Waals surface area contributed by atoms with Crippen LogP contribution >= 0.6 is 0 Å². The Hall–Kier alpha value is -0.874. The molecule has 0 saturated carbocycles. The summed E-state index contributed by atoms with van der Waals surface area (Å²) in [6.07, 6.45) is 0. The molecule has 0 fully saturated rings. The van der Waals surface area contributed by atoms with Crippen LogP contribution in [-0.4, -0.2) is 43.6 Å². The first-order valence-electron chi connectivity index (χ1n) is 1.13. The van der Waals surface area contributed by atoms with Crippen LogP contribution in [0.15, 0.2) is 0 Å². The molecule has 0 radical (unpaired) electrons. The Labute approximate surface area is 73.6 Å². The molecule has 60 valence electrons. The Morgan fingerprint density at radius 2 is 1.10 bits per heavy atom. The Morgan fingerprint density at radius 3 is 1.10 bits per heavy atom. The maximum Gasteiger partial charge on any atom is 2.00 e. The zero-order chi connectivity index (χ0) is 7.15. The number of nitrogens with zero attached hydrogens (tertiary/aromatic N) is 2. The summed E-state index contributed by atoms with van der Waals surface area (Å²) >= 11 is 0. The smallest absolute Gasteiger partial charge is 1.00 e. The van der Waals surface area contributed by atoms with Gasteiger partial charge in [0.2, 0.25) is 0 Å². The molecule has 9 nitrogen and oxygen atoms in total. The van der Waals surface area contributed by atoms with Crippen molar-refractivity contribution in [3.8, 4) is 0 Å². The van der Waals surface area contributed by atoms with Crippen molar-refractivity contribution in [1.82, 2.24) is 6.15 Å². The van der Waals surface area contributed by atoms with Crippen LogP contribution in [0, 0.1) is 20.2 Å². The van der Waals surface area contributed by atoms with Gasteiger partial charge in [0.1, 0.15) is 0 Å². The summed E-state index contributed by atoms with van der Waals surface area (Å²) in [7, 11) is 0. The molecule has 0 rings (SSSR count). The fourth-order valence-electron chi connectivity index (χ4n) is 0. The van der Waals surface area contributed by atoms with Gasteiger partial charge in [0.25, 0.3) is 10.2 Å². The second-order valence-corrected chi connectivity index (χ2v) is 0.476. The third-order valence-electron chi connectivity index (χ3n) is 0. The van der Waals surface area contributed by atoms with Crippen molar-refractivity contribution < 1.29 is 23.4 Å². The van der Waals surface area contributed by atoms with Gasteiger partial charge < -0.3 is 19.4 Å². The predicted octanol–water partition coefficient (Wildman–Crippen LogP) is -0.689. The van der Waals surface area contributed by atoms with Gasteiger partial charge >= 0.3 is 23.1 Å². The first-order valence-corrected chi connectivity index (χ1v) is 1.13. The Bertz CT molecular complexity index is 78.8. The van der Waals surface area contributed by atoms with E-state index in [1.54, 1.807) is 0 Å². The molecule has 0 heterocycles. The molecule has 0 atom stereocenters. The van der Waals surface area contributed by atoms with Crippen molar-refractivity contribution in [3.63, 3.8) is 0 Å². The topological polar surface area (TPSA) is 162 Å². The number of hydrogen-bond acceptors (Lipinski definition) is 5. The molecule has 0 aromatic heterocycles. The number of rotatable bonds is 0. The average molecular weight is 169 g/mol. The summed E-state index contributed by atoms with van der Waals surface area (Å²) in [6.45, 7) is 0. The molecular weight excluding hydrogens is 162 g/mol. The van der Waals surface area contributed by atoms with E-state index in [0.29, 0.717) is 0 Å². The van der Waals surface area contributed by atoms with Gasteiger partial charge in [0.05, 0.1) is 0 Å². The summed E-state index contributed by atoms with van der Waals surface area (Å²) in [5.41, 5.74) is 0. The largest absolute Gasteiger partial charge is 2.00 e. The maximum atomic E-state index is 8.36. The summed E-state index contributed by atoms with van der Waals surface area (Å²) in [5.74, 6) is 0. The van der Waals surface area contributed by atoms with Crippen LogP contribution in [0.2, 0.25) is 0 Å². The van der Waals surface area contributed by atoms with Crippen molar-refractivity contribution >= 4 is 23.1 Å². The first kappa shape index (κ1) is 22.9. The van der Waals surface area contributed by atoms with Gasteiger partial charge in [-0.15, -0.1) is 20.2 Å².